The number of likely N-dealkylation sites (tertiary alicyclic amines) is 1. The molecule has 4 aromatic rings. The monoisotopic (exact) mass is 447 g/mol. The molecule has 1 aromatic carbocycles. The molecule has 1 aliphatic carbocycles. The number of imidazole rings is 1. The number of thiazole rings is 1. The van der Waals surface area contributed by atoms with Crippen molar-refractivity contribution in [2.75, 3.05) is 19.6 Å². The number of non-ortho nitro benzene ring substituents is 1. The fraction of sp³-hybridized carbons (Fsp3) is 0.375. The zero-order chi connectivity index (χ0) is 21.7. The maximum atomic E-state index is 10.9. The van der Waals surface area contributed by atoms with Crippen LogP contribution in [0, 0.1) is 10.1 Å². The molecule has 0 saturated carbocycles. The minimum Gasteiger partial charge on any atom is -0.353 e. The molecule has 7 nitrogen and oxygen atoms in total. The van der Waals surface area contributed by atoms with Crippen molar-refractivity contribution in [1.29, 1.82) is 0 Å². The summed E-state index contributed by atoms with van der Waals surface area (Å²) < 4.78 is 4.58. The Balaban J connectivity index is 1.28. The molecule has 0 bridgehead atoms. The number of aryl methyl sites for hydroxylation is 3. The maximum Gasteiger partial charge on any atom is 0.269 e. The summed E-state index contributed by atoms with van der Waals surface area (Å²) in [7, 11) is 0. The standard InChI is InChI=1S/C24H25N5O2S/c30-29(31)19-7-4-17(5-8-19)21-16-28-23-20-15-27(13-3-12-26-10-1-2-11-26)14-18(20)6-9-22(23)32-24(28)25-21/h4-5,7-8,14-16H,1-3,6,9-13H2. The summed E-state index contributed by atoms with van der Waals surface area (Å²) in [6.07, 6.45) is 12.7. The van der Waals surface area contributed by atoms with Gasteiger partial charge in [-0.25, -0.2) is 4.98 Å². The van der Waals surface area contributed by atoms with Crippen molar-refractivity contribution in [3.63, 3.8) is 0 Å². The maximum absolute atomic E-state index is 10.9. The van der Waals surface area contributed by atoms with Gasteiger partial charge < -0.3 is 9.47 Å². The van der Waals surface area contributed by atoms with E-state index in [0.717, 1.165) is 35.6 Å². The van der Waals surface area contributed by atoms with Gasteiger partial charge in [-0.1, -0.05) is 0 Å². The number of rotatable bonds is 6. The average molecular weight is 448 g/mol. The molecule has 0 N–H and O–H groups in total. The highest BCUT2D eigenvalue weighted by atomic mass is 32.1. The summed E-state index contributed by atoms with van der Waals surface area (Å²) >= 11 is 1.76. The molecule has 32 heavy (non-hydrogen) atoms. The Bertz CT molecular complexity index is 1290. The summed E-state index contributed by atoms with van der Waals surface area (Å²) in [5.41, 5.74) is 5.87. The minimum absolute atomic E-state index is 0.0999. The van der Waals surface area contributed by atoms with Crippen molar-refractivity contribution < 1.29 is 4.92 Å². The van der Waals surface area contributed by atoms with Gasteiger partial charge in [0.1, 0.15) is 0 Å². The fourth-order valence-electron chi connectivity index (χ4n) is 5.06. The number of benzene rings is 1. The fourth-order valence-corrected chi connectivity index (χ4v) is 6.18. The van der Waals surface area contributed by atoms with Crippen LogP contribution in [0.15, 0.2) is 42.9 Å². The second-order valence-electron chi connectivity index (χ2n) is 8.79. The Hall–Kier alpha value is -2.97. The Morgan fingerprint density at radius 2 is 1.84 bits per heavy atom. The summed E-state index contributed by atoms with van der Waals surface area (Å²) in [5.74, 6) is 0. The van der Waals surface area contributed by atoms with Crippen LogP contribution in [0.2, 0.25) is 0 Å². The van der Waals surface area contributed by atoms with E-state index in [9.17, 15) is 10.1 Å². The lowest BCUT2D eigenvalue weighted by atomic mass is 9.98. The molecule has 2 aliphatic rings. The molecule has 1 aliphatic heterocycles. The number of nitro groups is 1. The lowest BCUT2D eigenvalue weighted by Gasteiger charge is -2.14. The van der Waals surface area contributed by atoms with Gasteiger partial charge >= 0.3 is 0 Å². The number of nitro benzene ring substituents is 1. The molecule has 8 heteroatoms. The molecule has 0 spiro atoms. The van der Waals surface area contributed by atoms with Gasteiger partial charge in [0, 0.05) is 53.3 Å². The summed E-state index contributed by atoms with van der Waals surface area (Å²) in [6.45, 7) is 4.77. The number of hydrogen-bond donors (Lipinski definition) is 0. The van der Waals surface area contributed by atoms with Gasteiger partial charge in [0.15, 0.2) is 4.96 Å². The van der Waals surface area contributed by atoms with Gasteiger partial charge in [0.05, 0.1) is 16.3 Å². The van der Waals surface area contributed by atoms with Crippen LogP contribution >= 0.6 is 11.3 Å². The second-order valence-corrected chi connectivity index (χ2v) is 9.86. The highest BCUT2D eigenvalue weighted by Crippen LogP contribution is 2.40. The van der Waals surface area contributed by atoms with E-state index in [0.29, 0.717) is 0 Å². The highest BCUT2D eigenvalue weighted by molar-refractivity contribution is 7.17. The molecule has 1 fully saturated rings. The van der Waals surface area contributed by atoms with Gasteiger partial charge in [-0.3, -0.25) is 14.5 Å². The van der Waals surface area contributed by atoms with E-state index in [1.807, 2.05) is 0 Å². The quantitative estimate of drug-likeness (QED) is 0.307. The second kappa shape index (κ2) is 7.86. The third-order valence-corrected chi connectivity index (χ3v) is 7.81. The molecule has 3 aromatic heterocycles. The van der Waals surface area contributed by atoms with E-state index in [1.54, 1.807) is 35.6 Å². The number of fused-ring (bicyclic) bond motifs is 5. The third kappa shape index (κ3) is 3.43. The molecule has 0 atom stereocenters. The van der Waals surface area contributed by atoms with Crippen LogP contribution in [-0.2, 0) is 19.4 Å². The Labute approximate surface area is 190 Å². The Morgan fingerprint density at radius 1 is 1.03 bits per heavy atom. The van der Waals surface area contributed by atoms with Crippen LogP contribution in [0.1, 0.15) is 29.7 Å². The molecule has 1 saturated heterocycles. The van der Waals surface area contributed by atoms with E-state index in [-0.39, 0.29) is 10.6 Å². The largest absolute Gasteiger partial charge is 0.353 e. The van der Waals surface area contributed by atoms with E-state index in [2.05, 4.69) is 32.5 Å². The van der Waals surface area contributed by atoms with Crippen molar-refractivity contribution in [2.24, 2.45) is 0 Å². The van der Waals surface area contributed by atoms with Gasteiger partial charge in [-0.15, -0.1) is 11.3 Å². The highest BCUT2D eigenvalue weighted by Gasteiger charge is 2.25. The van der Waals surface area contributed by atoms with E-state index in [4.69, 9.17) is 4.98 Å². The van der Waals surface area contributed by atoms with Crippen LogP contribution in [-0.4, -0.2) is 43.4 Å². The first kappa shape index (κ1) is 19.7. The zero-order valence-corrected chi connectivity index (χ0v) is 18.7. The van der Waals surface area contributed by atoms with Gasteiger partial charge in [-0.05, 0) is 69.4 Å². The van der Waals surface area contributed by atoms with E-state index in [1.165, 1.54) is 60.6 Å². The average Bonchev–Trinajstić information content (AvgIpc) is 3.56. The smallest absolute Gasteiger partial charge is 0.269 e. The van der Waals surface area contributed by atoms with Crippen molar-refractivity contribution >= 4 is 22.0 Å². The number of nitrogens with zero attached hydrogens (tertiary/aromatic N) is 5. The molecule has 0 unspecified atom stereocenters. The molecule has 6 rings (SSSR count). The summed E-state index contributed by atoms with van der Waals surface area (Å²) in [4.78, 5) is 20.4. The van der Waals surface area contributed by atoms with Crippen molar-refractivity contribution in [1.82, 2.24) is 18.9 Å². The van der Waals surface area contributed by atoms with Crippen LogP contribution in [0.25, 0.3) is 27.5 Å². The topological polar surface area (TPSA) is 68.6 Å². The van der Waals surface area contributed by atoms with Crippen molar-refractivity contribution in [3.8, 4) is 22.5 Å². The van der Waals surface area contributed by atoms with Gasteiger partial charge in [0.25, 0.3) is 5.69 Å². The first-order chi connectivity index (χ1) is 15.7. The first-order valence-electron chi connectivity index (χ1n) is 11.3. The summed E-state index contributed by atoms with van der Waals surface area (Å²) in [6, 6.07) is 6.63. The van der Waals surface area contributed by atoms with Crippen LogP contribution < -0.4 is 0 Å². The SMILES string of the molecule is O=[N+]([O-])c1ccc(-c2cn3c4c(sc3n2)CCc2cn(CCCN3CCCC3)cc2-4)cc1. The van der Waals surface area contributed by atoms with Crippen LogP contribution in [0.3, 0.4) is 0 Å². The molecular formula is C24H25N5O2S. The third-order valence-electron chi connectivity index (χ3n) is 6.70. The number of hydrogen-bond acceptors (Lipinski definition) is 5. The van der Waals surface area contributed by atoms with Gasteiger partial charge in [-0.2, -0.15) is 0 Å². The molecule has 0 amide bonds. The lowest BCUT2D eigenvalue weighted by molar-refractivity contribution is -0.384. The normalized spacial score (nSPS) is 15.9. The van der Waals surface area contributed by atoms with Crippen LogP contribution in [0.5, 0.6) is 0 Å². The van der Waals surface area contributed by atoms with Crippen LogP contribution in [0.4, 0.5) is 5.69 Å². The number of aromatic nitrogens is 3. The predicted octanol–water partition coefficient (Wildman–Crippen LogP) is 5.02. The van der Waals surface area contributed by atoms with Gasteiger partial charge in [0.2, 0.25) is 0 Å². The van der Waals surface area contributed by atoms with Crippen molar-refractivity contribution in [3.05, 3.63) is 63.4 Å². The first-order valence-corrected chi connectivity index (χ1v) is 12.1. The predicted molar refractivity (Wildman–Crippen MR) is 126 cm³/mol. The Kier molecular flexibility index (Phi) is 4.84. The molecule has 4 heterocycles. The van der Waals surface area contributed by atoms with E-state index >= 15 is 0 Å². The molecular weight excluding hydrogens is 422 g/mol. The van der Waals surface area contributed by atoms with E-state index < -0.39 is 0 Å². The lowest BCUT2D eigenvalue weighted by Crippen LogP contribution is -2.21. The van der Waals surface area contributed by atoms with Crippen molar-refractivity contribution in [2.45, 2.75) is 38.6 Å². The zero-order valence-electron chi connectivity index (χ0n) is 17.9. The minimum atomic E-state index is -0.372. The summed E-state index contributed by atoms with van der Waals surface area (Å²) in [5, 5.41) is 10.9. The Morgan fingerprint density at radius 3 is 2.62 bits per heavy atom. The molecule has 164 valence electrons. The molecule has 0 radical (unpaired) electrons.